The van der Waals surface area contributed by atoms with Crippen LogP contribution in [-0.2, 0) is 4.79 Å². The summed E-state index contributed by atoms with van der Waals surface area (Å²) in [6.07, 6.45) is 2.74. The van der Waals surface area contributed by atoms with Gasteiger partial charge in [-0.1, -0.05) is 39.3 Å². The largest absolute Gasteiger partial charge is 0.299 e. The van der Waals surface area contributed by atoms with Gasteiger partial charge in [0.25, 0.3) is 0 Å². The molecule has 0 radical (unpaired) electrons. The minimum atomic E-state index is 0.162. The van der Waals surface area contributed by atoms with Crippen molar-refractivity contribution in [1.82, 2.24) is 0 Å². The van der Waals surface area contributed by atoms with Gasteiger partial charge in [-0.15, -0.1) is 0 Å². The molecule has 1 unspecified atom stereocenters. The Morgan fingerprint density at radius 2 is 2.00 bits per heavy atom. The molecule has 1 nitrogen and oxygen atoms in total. The van der Waals surface area contributed by atoms with Gasteiger partial charge >= 0.3 is 0 Å². The van der Waals surface area contributed by atoms with E-state index in [0.717, 1.165) is 0 Å². The monoisotopic (exact) mass is 152 g/mol. The molecular weight excluding hydrogens is 136 g/mol. The van der Waals surface area contributed by atoms with E-state index in [-0.39, 0.29) is 11.3 Å². The average Bonchev–Trinajstić information content (AvgIpc) is 2.11. The summed E-state index contributed by atoms with van der Waals surface area (Å²) in [5.41, 5.74) is 1.48. The van der Waals surface area contributed by atoms with Crippen molar-refractivity contribution in [2.24, 2.45) is 11.3 Å². The molecule has 1 atom stereocenters. The molecule has 0 heterocycles. The second kappa shape index (κ2) is 2.47. The summed E-state index contributed by atoms with van der Waals surface area (Å²) in [5.74, 6) is 0.532. The standard InChI is InChI=1S/C10H16O/c1-7-8(10(2,3)4)5-6-9(7)11/h5,7H,6H2,1-4H3. The van der Waals surface area contributed by atoms with Gasteiger partial charge in [0.05, 0.1) is 0 Å². The van der Waals surface area contributed by atoms with E-state index >= 15 is 0 Å². The van der Waals surface area contributed by atoms with Crippen LogP contribution in [0.2, 0.25) is 0 Å². The summed E-state index contributed by atoms with van der Waals surface area (Å²) in [5, 5.41) is 0. The number of allylic oxidation sites excluding steroid dienone is 2. The Balaban J connectivity index is 2.84. The van der Waals surface area contributed by atoms with E-state index in [1.165, 1.54) is 5.57 Å². The van der Waals surface area contributed by atoms with Crippen LogP contribution in [-0.4, -0.2) is 5.78 Å². The molecule has 1 aliphatic carbocycles. The molecule has 0 aromatic heterocycles. The van der Waals surface area contributed by atoms with E-state index in [0.29, 0.717) is 12.2 Å². The lowest BCUT2D eigenvalue weighted by molar-refractivity contribution is -0.119. The maximum absolute atomic E-state index is 11.2. The summed E-state index contributed by atoms with van der Waals surface area (Å²) in [4.78, 5) is 11.2. The van der Waals surface area contributed by atoms with Crippen LogP contribution in [0.5, 0.6) is 0 Å². The third kappa shape index (κ3) is 1.52. The van der Waals surface area contributed by atoms with Gasteiger partial charge in [0, 0.05) is 12.3 Å². The molecule has 1 rings (SSSR count). The first kappa shape index (κ1) is 8.51. The molecule has 0 aromatic carbocycles. The summed E-state index contributed by atoms with van der Waals surface area (Å²) >= 11 is 0. The summed E-state index contributed by atoms with van der Waals surface area (Å²) < 4.78 is 0. The van der Waals surface area contributed by atoms with E-state index in [1.807, 2.05) is 6.92 Å². The highest BCUT2D eigenvalue weighted by atomic mass is 16.1. The van der Waals surface area contributed by atoms with Crippen LogP contribution in [0.25, 0.3) is 0 Å². The van der Waals surface area contributed by atoms with Crippen LogP contribution in [0.3, 0.4) is 0 Å². The minimum Gasteiger partial charge on any atom is -0.299 e. The average molecular weight is 152 g/mol. The molecule has 1 heteroatoms. The number of carbonyl (C=O) groups is 1. The van der Waals surface area contributed by atoms with Crippen LogP contribution in [0, 0.1) is 11.3 Å². The quantitative estimate of drug-likeness (QED) is 0.487. The molecular formula is C10H16O. The summed E-state index contributed by atoms with van der Waals surface area (Å²) in [7, 11) is 0. The number of Topliss-reactive ketones (excluding diaryl/α,β-unsaturated/α-hetero) is 1. The van der Waals surface area contributed by atoms with Crippen molar-refractivity contribution < 1.29 is 4.79 Å². The zero-order valence-corrected chi connectivity index (χ0v) is 7.77. The maximum atomic E-state index is 11.2. The Morgan fingerprint density at radius 3 is 2.18 bits per heavy atom. The van der Waals surface area contributed by atoms with Gasteiger partial charge in [-0.05, 0) is 5.41 Å². The predicted molar refractivity (Wildman–Crippen MR) is 46.3 cm³/mol. The number of rotatable bonds is 0. The van der Waals surface area contributed by atoms with E-state index in [9.17, 15) is 4.79 Å². The fourth-order valence-electron chi connectivity index (χ4n) is 1.69. The zero-order valence-electron chi connectivity index (χ0n) is 7.77. The fourth-order valence-corrected chi connectivity index (χ4v) is 1.69. The normalized spacial score (nSPS) is 25.6. The molecule has 0 aliphatic heterocycles. The highest BCUT2D eigenvalue weighted by Gasteiger charge is 2.30. The molecule has 0 bridgehead atoms. The van der Waals surface area contributed by atoms with Gasteiger partial charge < -0.3 is 0 Å². The molecule has 0 amide bonds. The van der Waals surface area contributed by atoms with Crippen molar-refractivity contribution in [2.45, 2.75) is 34.1 Å². The second-order valence-electron chi connectivity index (χ2n) is 4.30. The van der Waals surface area contributed by atoms with Crippen LogP contribution in [0.4, 0.5) is 0 Å². The van der Waals surface area contributed by atoms with Crippen LogP contribution in [0.1, 0.15) is 34.1 Å². The molecule has 62 valence electrons. The lowest BCUT2D eigenvalue weighted by Gasteiger charge is -2.23. The number of hydrogen-bond donors (Lipinski definition) is 0. The molecule has 0 saturated carbocycles. The lowest BCUT2D eigenvalue weighted by Crippen LogP contribution is -2.16. The number of carbonyl (C=O) groups excluding carboxylic acids is 1. The maximum Gasteiger partial charge on any atom is 0.143 e. The molecule has 11 heavy (non-hydrogen) atoms. The van der Waals surface area contributed by atoms with Gasteiger partial charge in [-0.3, -0.25) is 4.79 Å². The van der Waals surface area contributed by atoms with Gasteiger partial charge in [-0.2, -0.15) is 0 Å². The van der Waals surface area contributed by atoms with E-state index in [4.69, 9.17) is 0 Å². The molecule has 1 aliphatic rings. The van der Waals surface area contributed by atoms with Gasteiger partial charge in [0.2, 0.25) is 0 Å². The first-order valence-electron chi connectivity index (χ1n) is 4.16. The fraction of sp³-hybridized carbons (Fsp3) is 0.700. The van der Waals surface area contributed by atoms with E-state index < -0.39 is 0 Å². The Labute approximate surface area is 68.5 Å². The van der Waals surface area contributed by atoms with Crippen molar-refractivity contribution in [1.29, 1.82) is 0 Å². The molecule has 0 saturated heterocycles. The minimum absolute atomic E-state index is 0.162. The lowest BCUT2D eigenvalue weighted by atomic mass is 9.81. The predicted octanol–water partition coefficient (Wildman–Crippen LogP) is 2.57. The van der Waals surface area contributed by atoms with Crippen molar-refractivity contribution >= 4 is 5.78 Å². The van der Waals surface area contributed by atoms with Crippen LogP contribution in [0.15, 0.2) is 11.6 Å². The van der Waals surface area contributed by atoms with E-state index in [1.54, 1.807) is 0 Å². The molecule has 0 fully saturated rings. The van der Waals surface area contributed by atoms with Crippen LogP contribution >= 0.6 is 0 Å². The summed E-state index contributed by atoms with van der Waals surface area (Å²) in [6.45, 7) is 8.49. The third-order valence-corrected chi connectivity index (χ3v) is 2.34. The Morgan fingerprint density at radius 1 is 1.45 bits per heavy atom. The van der Waals surface area contributed by atoms with Crippen molar-refractivity contribution in [2.75, 3.05) is 0 Å². The molecule has 0 aromatic rings. The molecule has 0 N–H and O–H groups in total. The highest BCUT2D eigenvalue weighted by Crippen LogP contribution is 2.36. The first-order valence-corrected chi connectivity index (χ1v) is 4.16. The second-order valence-corrected chi connectivity index (χ2v) is 4.30. The summed E-state index contributed by atoms with van der Waals surface area (Å²) in [6, 6.07) is 0. The Kier molecular flexibility index (Phi) is 1.91. The third-order valence-electron chi connectivity index (χ3n) is 2.34. The Bertz CT molecular complexity index is 205. The number of hydrogen-bond acceptors (Lipinski definition) is 1. The highest BCUT2D eigenvalue weighted by molar-refractivity contribution is 5.88. The first-order chi connectivity index (χ1) is 4.93. The van der Waals surface area contributed by atoms with Gasteiger partial charge in [0.1, 0.15) is 5.78 Å². The smallest absolute Gasteiger partial charge is 0.143 e. The van der Waals surface area contributed by atoms with Crippen LogP contribution < -0.4 is 0 Å². The Hall–Kier alpha value is -0.590. The molecule has 0 spiro atoms. The van der Waals surface area contributed by atoms with Crippen molar-refractivity contribution in [3.63, 3.8) is 0 Å². The zero-order chi connectivity index (χ0) is 8.65. The number of ketones is 1. The van der Waals surface area contributed by atoms with Gasteiger partial charge in [0.15, 0.2) is 0 Å². The van der Waals surface area contributed by atoms with Crippen molar-refractivity contribution in [3.05, 3.63) is 11.6 Å². The van der Waals surface area contributed by atoms with E-state index in [2.05, 4.69) is 26.8 Å². The van der Waals surface area contributed by atoms with Crippen molar-refractivity contribution in [3.8, 4) is 0 Å². The van der Waals surface area contributed by atoms with Gasteiger partial charge in [-0.25, -0.2) is 0 Å². The SMILES string of the molecule is CC1C(=O)CC=C1C(C)(C)C. The topological polar surface area (TPSA) is 17.1 Å².